The molecule has 9 heteroatoms. The van der Waals surface area contributed by atoms with E-state index in [2.05, 4.69) is 4.98 Å². The molecule has 0 atom stereocenters. The van der Waals surface area contributed by atoms with E-state index in [0.717, 1.165) is 5.56 Å². The number of alkyl halides is 6. The molecule has 0 aliphatic heterocycles. The van der Waals surface area contributed by atoms with Crippen molar-refractivity contribution >= 4 is 5.91 Å². The van der Waals surface area contributed by atoms with Gasteiger partial charge in [0.2, 0.25) is 0 Å². The van der Waals surface area contributed by atoms with Gasteiger partial charge in [0.1, 0.15) is 0 Å². The molecule has 0 aliphatic carbocycles. The van der Waals surface area contributed by atoms with Gasteiger partial charge >= 0.3 is 12.4 Å². The predicted molar refractivity (Wildman–Crippen MR) is 111 cm³/mol. The van der Waals surface area contributed by atoms with Crippen LogP contribution >= 0.6 is 0 Å². The summed E-state index contributed by atoms with van der Waals surface area (Å²) in [4.78, 5) is 18.8. The fourth-order valence-electron chi connectivity index (χ4n) is 3.46. The third kappa shape index (κ3) is 5.53. The Morgan fingerprint density at radius 1 is 0.909 bits per heavy atom. The summed E-state index contributed by atoms with van der Waals surface area (Å²) >= 11 is 0. The Balaban J connectivity index is 2.01. The van der Waals surface area contributed by atoms with Crippen molar-refractivity contribution in [2.45, 2.75) is 32.7 Å². The number of carbonyl (C=O) groups excluding carboxylic acids is 1. The SMILES string of the molecule is CCN(Cc1cc(C(F)(F)F)cc(C(F)(F)F)c1)C(=O)c1cccnc1-c1ccccc1C. The Kier molecular flexibility index (Phi) is 6.81. The molecule has 3 rings (SSSR count). The molecule has 0 bridgehead atoms. The molecule has 1 aromatic heterocycles. The first kappa shape index (κ1) is 24.3. The monoisotopic (exact) mass is 466 g/mol. The summed E-state index contributed by atoms with van der Waals surface area (Å²) in [5.41, 5.74) is -0.947. The second-order valence-electron chi connectivity index (χ2n) is 7.45. The number of pyridine rings is 1. The van der Waals surface area contributed by atoms with Gasteiger partial charge in [0.15, 0.2) is 0 Å². The van der Waals surface area contributed by atoms with Crippen molar-refractivity contribution in [3.05, 3.63) is 88.6 Å². The molecule has 174 valence electrons. The number of aryl methyl sites for hydroxylation is 1. The molecular weight excluding hydrogens is 446 g/mol. The molecule has 2 aromatic carbocycles. The van der Waals surface area contributed by atoms with Crippen LogP contribution in [0.4, 0.5) is 26.3 Å². The largest absolute Gasteiger partial charge is 0.416 e. The minimum Gasteiger partial charge on any atom is -0.335 e. The van der Waals surface area contributed by atoms with Gasteiger partial charge in [-0.1, -0.05) is 24.3 Å². The molecule has 0 unspecified atom stereocenters. The Labute approximate surface area is 186 Å². The van der Waals surface area contributed by atoms with E-state index in [4.69, 9.17) is 0 Å². The second-order valence-corrected chi connectivity index (χ2v) is 7.45. The maximum absolute atomic E-state index is 13.3. The van der Waals surface area contributed by atoms with E-state index < -0.39 is 35.9 Å². The molecule has 1 heterocycles. The topological polar surface area (TPSA) is 33.2 Å². The minimum atomic E-state index is -4.96. The zero-order valence-electron chi connectivity index (χ0n) is 17.8. The quantitative estimate of drug-likeness (QED) is 0.390. The molecule has 0 radical (unpaired) electrons. The van der Waals surface area contributed by atoms with Crippen LogP contribution in [0.25, 0.3) is 11.3 Å². The third-order valence-corrected chi connectivity index (χ3v) is 5.13. The third-order valence-electron chi connectivity index (χ3n) is 5.13. The predicted octanol–water partition coefficient (Wildman–Crippen LogP) is 6.76. The Morgan fingerprint density at radius 3 is 2.06 bits per heavy atom. The van der Waals surface area contributed by atoms with Crippen molar-refractivity contribution in [3.63, 3.8) is 0 Å². The van der Waals surface area contributed by atoms with Gasteiger partial charge in [-0.05, 0) is 55.3 Å². The fourth-order valence-corrected chi connectivity index (χ4v) is 3.46. The lowest BCUT2D eigenvalue weighted by molar-refractivity contribution is -0.143. The maximum Gasteiger partial charge on any atom is 0.416 e. The number of nitrogens with zero attached hydrogens (tertiary/aromatic N) is 2. The molecular formula is C24H20F6N2O. The van der Waals surface area contributed by atoms with Gasteiger partial charge in [0, 0.05) is 24.8 Å². The molecule has 0 aliphatic rings. The van der Waals surface area contributed by atoms with Gasteiger partial charge in [-0.15, -0.1) is 0 Å². The Morgan fingerprint density at radius 2 is 1.52 bits per heavy atom. The number of hydrogen-bond donors (Lipinski definition) is 0. The van der Waals surface area contributed by atoms with E-state index in [1.54, 1.807) is 25.1 Å². The first-order chi connectivity index (χ1) is 15.4. The van der Waals surface area contributed by atoms with Gasteiger partial charge in [0.05, 0.1) is 22.4 Å². The smallest absolute Gasteiger partial charge is 0.335 e. The van der Waals surface area contributed by atoms with Gasteiger partial charge in [-0.2, -0.15) is 26.3 Å². The van der Waals surface area contributed by atoms with E-state index in [-0.39, 0.29) is 23.7 Å². The molecule has 0 saturated carbocycles. The van der Waals surface area contributed by atoms with Crippen molar-refractivity contribution in [3.8, 4) is 11.3 Å². The van der Waals surface area contributed by atoms with E-state index >= 15 is 0 Å². The van der Waals surface area contributed by atoms with Crippen molar-refractivity contribution < 1.29 is 31.1 Å². The highest BCUT2D eigenvalue weighted by Crippen LogP contribution is 2.36. The molecule has 3 aromatic rings. The molecule has 3 nitrogen and oxygen atoms in total. The highest BCUT2D eigenvalue weighted by atomic mass is 19.4. The van der Waals surface area contributed by atoms with Crippen LogP contribution in [0.5, 0.6) is 0 Å². The number of amides is 1. The van der Waals surface area contributed by atoms with Crippen LogP contribution in [-0.2, 0) is 18.9 Å². The van der Waals surface area contributed by atoms with Crippen LogP contribution in [-0.4, -0.2) is 22.3 Å². The number of benzene rings is 2. The van der Waals surface area contributed by atoms with Crippen LogP contribution in [0.15, 0.2) is 60.8 Å². The minimum absolute atomic E-state index is 0.0680. The summed E-state index contributed by atoms with van der Waals surface area (Å²) in [6, 6.07) is 11.7. The van der Waals surface area contributed by atoms with E-state index in [0.29, 0.717) is 23.4 Å². The van der Waals surface area contributed by atoms with Crippen LogP contribution in [0.2, 0.25) is 0 Å². The summed E-state index contributed by atoms with van der Waals surface area (Å²) < 4.78 is 79.2. The first-order valence-electron chi connectivity index (χ1n) is 10.0. The van der Waals surface area contributed by atoms with Gasteiger partial charge in [-0.3, -0.25) is 9.78 Å². The molecule has 0 fully saturated rings. The van der Waals surface area contributed by atoms with Crippen LogP contribution in [0.1, 0.15) is 39.5 Å². The average molecular weight is 466 g/mol. The molecule has 0 spiro atoms. The van der Waals surface area contributed by atoms with E-state index in [1.807, 2.05) is 19.1 Å². The van der Waals surface area contributed by atoms with E-state index in [1.165, 1.54) is 17.2 Å². The number of aromatic nitrogens is 1. The van der Waals surface area contributed by atoms with E-state index in [9.17, 15) is 31.1 Å². The summed E-state index contributed by atoms with van der Waals surface area (Å²) in [7, 11) is 0. The summed E-state index contributed by atoms with van der Waals surface area (Å²) in [6.07, 6.45) is -8.41. The average Bonchev–Trinajstić information content (AvgIpc) is 2.76. The highest BCUT2D eigenvalue weighted by Gasteiger charge is 2.37. The van der Waals surface area contributed by atoms with Crippen molar-refractivity contribution in [1.29, 1.82) is 0 Å². The number of rotatable bonds is 5. The lowest BCUT2D eigenvalue weighted by Crippen LogP contribution is -2.31. The maximum atomic E-state index is 13.3. The lowest BCUT2D eigenvalue weighted by atomic mass is 10.00. The van der Waals surface area contributed by atoms with Crippen LogP contribution in [0, 0.1) is 6.92 Å². The first-order valence-corrected chi connectivity index (χ1v) is 10.0. The second kappa shape index (κ2) is 9.25. The molecule has 33 heavy (non-hydrogen) atoms. The van der Waals surface area contributed by atoms with Gasteiger partial charge in [0.25, 0.3) is 5.91 Å². The molecule has 0 N–H and O–H groups in total. The van der Waals surface area contributed by atoms with Crippen molar-refractivity contribution in [2.75, 3.05) is 6.54 Å². The van der Waals surface area contributed by atoms with Gasteiger partial charge < -0.3 is 4.90 Å². The number of carbonyl (C=O) groups is 1. The summed E-state index contributed by atoms with van der Waals surface area (Å²) in [6.45, 7) is 3.08. The Hall–Kier alpha value is -3.36. The normalized spacial score (nSPS) is 12.0. The lowest BCUT2D eigenvalue weighted by Gasteiger charge is -2.23. The molecule has 0 saturated heterocycles. The fraction of sp³-hybridized carbons (Fsp3) is 0.250. The highest BCUT2D eigenvalue weighted by molar-refractivity contribution is 6.00. The summed E-state index contributed by atoms with van der Waals surface area (Å²) in [5.74, 6) is -0.546. The van der Waals surface area contributed by atoms with Crippen LogP contribution in [0.3, 0.4) is 0 Å². The van der Waals surface area contributed by atoms with Crippen LogP contribution < -0.4 is 0 Å². The van der Waals surface area contributed by atoms with Gasteiger partial charge in [-0.25, -0.2) is 0 Å². The van der Waals surface area contributed by atoms with Crippen molar-refractivity contribution in [1.82, 2.24) is 9.88 Å². The number of hydrogen-bond acceptors (Lipinski definition) is 2. The number of halogens is 6. The zero-order valence-corrected chi connectivity index (χ0v) is 17.8. The summed E-state index contributed by atoms with van der Waals surface area (Å²) in [5, 5.41) is 0. The standard InChI is InChI=1S/C24H20F6N2O/c1-3-32(14-16-11-17(23(25,26)27)13-18(12-16)24(28,29)30)22(33)20-9-6-10-31-21(20)19-8-5-4-7-15(19)2/h4-13H,3,14H2,1-2H3. The Bertz CT molecular complexity index is 1120. The van der Waals surface area contributed by atoms with Crippen molar-refractivity contribution in [2.24, 2.45) is 0 Å². The molecule has 1 amide bonds. The zero-order chi connectivity index (χ0) is 24.4.